The molecule has 1 saturated carbocycles. The van der Waals surface area contributed by atoms with Crippen molar-refractivity contribution in [2.24, 2.45) is 0 Å². The number of hydrogen-bond donors (Lipinski definition) is 2. The van der Waals surface area contributed by atoms with E-state index in [9.17, 15) is 18.0 Å². The average molecular weight is 258 g/mol. The highest BCUT2D eigenvalue weighted by Gasteiger charge is 2.19. The van der Waals surface area contributed by atoms with Gasteiger partial charge in [0.2, 0.25) is 0 Å². The molecule has 2 rings (SSSR count). The molecule has 0 bridgehead atoms. The van der Waals surface area contributed by atoms with Gasteiger partial charge in [-0.15, -0.1) is 0 Å². The standard InChI is InChI=1S/C12H13F3N2O/c13-7-5-9(14)11(10(15)6-7)17-12(18)16-8-3-1-2-4-8/h5-6,8H,1-4H2,(H2,16,17,18). The van der Waals surface area contributed by atoms with Crippen LogP contribution < -0.4 is 10.6 Å². The van der Waals surface area contributed by atoms with E-state index in [0.29, 0.717) is 12.1 Å². The van der Waals surface area contributed by atoms with Gasteiger partial charge in [0, 0.05) is 18.2 Å². The topological polar surface area (TPSA) is 41.1 Å². The first kappa shape index (κ1) is 12.7. The first-order valence-corrected chi connectivity index (χ1v) is 5.78. The Labute approximate surface area is 102 Å². The van der Waals surface area contributed by atoms with Gasteiger partial charge in [-0.1, -0.05) is 12.8 Å². The Hall–Kier alpha value is -1.72. The van der Waals surface area contributed by atoms with E-state index in [1.54, 1.807) is 0 Å². The largest absolute Gasteiger partial charge is 0.335 e. The third-order valence-electron chi connectivity index (χ3n) is 2.94. The summed E-state index contributed by atoms with van der Waals surface area (Å²) in [4.78, 5) is 11.5. The number of hydrogen-bond acceptors (Lipinski definition) is 1. The van der Waals surface area contributed by atoms with Crippen molar-refractivity contribution >= 4 is 11.7 Å². The Kier molecular flexibility index (Phi) is 3.74. The molecule has 0 heterocycles. The molecule has 0 aliphatic heterocycles. The first-order chi connectivity index (χ1) is 8.56. The van der Waals surface area contributed by atoms with Crippen LogP contribution in [0.15, 0.2) is 12.1 Å². The maximum atomic E-state index is 13.3. The van der Waals surface area contributed by atoms with Crippen LogP contribution in [0.4, 0.5) is 23.7 Å². The molecule has 0 spiro atoms. The molecular formula is C12H13F3N2O. The van der Waals surface area contributed by atoms with Crippen molar-refractivity contribution < 1.29 is 18.0 Å². The minimum atomic E-state index is -1.13. The van der Waals surface area contributed by atoms with E-state index in [2.05, 4.69) is 10.6 Å². The summed E-state index contributed by atoms with van der Waals surface area (Å²) in [7, 11) is 0. The van der Waals surface area contributed by atoms with Gasteiger partial charge in [0.25, 0.3) is 0 Å². The van der Waals surface area contributed by atoms with E-state index in [-0.39, 0.29) is 6.04 Å². The van der Waals surface area contributed by atoms with Crippen LogP contribution in [-0.2, 0) is 0 Å². The zero-order valence-corrected chi connectivity index (χ0v) is 9.60. The van der Waals surface area contributed by atoms with Crippen LogP contribution in [0, 0.1) is 17.5 Å². The van der Waals surface area contributed by atoms with E-state index in [0.717, 1.165) is 25.7 Å². The quantitative estimate of drug-likeness (QED) is 0.840. The Morgan fingerprint density at radius 2 is 1.67 bits per heavy atom. The fraction of sp³-hybridized carbons (Fsp3) is 0.417. The molecule has 1 fully saturated rings. The number of urea groups is 1. The normalized spacial score (nSPS) is 15.7. The monoisotopic (exact) mass is 258 g/mol. The summed E-state index contributed by atoms with van der Waals surface area (Å²) in [5.74, 6) is -3.28. The number of rotatable bonds is 2. The minimum Gasteiger partial charge on any atom is -0.335 e. The van der Waals surface area contributed by atoms with Gasteiger partial charge < -0.3 is 10.6 Å². The zero-order valence-electron chi connectivity index (χ0n) is 9.60. The maximum absolute atomic E-state index is 13.3. The summed E-state index contributed by atoms with van der Waals surface area (Å²) in [5, 5.41) is 4.69. The lowest BCUT2D eigenvalue weighted by Gasteiger charge is -2.13. The second kappa shape index (κ2) is 5.29. The van der Waals surface area contributed by atoms with E-state index >= 15 is 0 Å². The molecule has 3 nitrogen and oxygen atoms in total. The van der Waals surface area contributed by atoms with E-state index in [4.69, 9.17) is 0 Å². The summed E-state index contributed by atoms with van der Waals surface area (Å²) in [6.07, 6.45) is 3.79. The van der Waals surface area contributed by atoms with Crippen molar-refractivity contribution in [3.63, 3.8) is 0 Å². The Morgan fingerprint density at radius 1 is 1.11 bits per heavy atom. The number of carbonyl (C=O) groups is 1. The van der Waals surface area contributed by atoms with Gasteiger partial charge in [0.15, 0.2) is 11.6 Å². The molecule has 98 valence electrons. The number of nitrogens with one attached hydrogen (secondary N) is 2. The van der Waals surface area contributed by atoms with Gasteiger partial charge in [-0.05, 0) is 12.8 Å². The molecule has 6 heteroatoms. The predicted molar refractivity (Wildman–Crippen MR) is 60.7 cm³/mol. The van der Waals surface area contributed by atoms with Crippen molar-refractivity contribution in [3.8, 4) is 0 Å². The van der Waals surface area contributed by atoms with Gasteiger partial charge in [0.05, 0.1) is 0 Å². The highest BCUT2D eigenvalue weighted by atomic mass is 19.1. The molecular weight excluding hydrogens is 245 g/mol. The predicted octanol–water partition coefficient (Wildman–Crippen LogP) is 3.17. The van der Waals surface area contributed by atoms with Gasteiger partial charge in [0.1, 0.15) is 11.5 Å². The van der Waals surface area contributed by atoms with Gasteiger partial charge in [-0.3, -0.25) is 0 Å². The van der Waals surface area contributed by atoms with Crippen LogP contribution in [0.1, 0.15) is 25.7 Å². The smallest absolute Gasteiger partial charge is 0.319 e. The summed E-state index contributed by atoms with van der Waals surface area (Å²) >= 11 is 0. The minimum absolute atomic E-state index is 0.0385. The molecule has 1 aliphatic rings. The van der Waals surface area contributed by atoms with E-state index in [1.807, 2.05) is 0 Å². The Morgan fingerprint density at radius 3 is 2.22 bits per heavy atom. The lowest BCUT2D eigenvalue weighted by atomic mass is 10.2. The molecule has 0 atom stereocenters. The molecule has 2 N–H and O–H groups in total. The third kappa shape index (κ3) is 2.94. The average Bonchev–Trinajstić information content (AvgIpc) is 2.76. The number of carbonyl (C=O) groups excluding carboxylic acids is 1. The number of amides is 2. The van der Waals surface area contributed by atoms with Crippen molar-refractivity contribution in [1.82, 2.24) is 5.32 Å². The number of halogens is 3. The van der Waals surface area contributed by atoms with Crippen LogP contribution >= 0.6 is 0 Å². The summed E-state index contributed by atoms with van der Waals surface area (Å²) in [6, 6.07) is 0.408. The van der Waals surface area contributed by atoms with Crippen LogP contribution in [0.5, 0.6) is 0 Å². The molecule has 18 heavy (non-hydrogen) atoms. The van der Waals surface area contributed by atoms with Gasteiger partial charge >= 0.3 is 6.03 Å². The zero-order chi connectivity index (χ0) is 13.1. The molecule has 1 aromatic carbocycles. The molecule has 1 aliphatic carbocycles. The van der Waals surface area contributed by atoms with Crippen LogP contribution in [0.2, 0.25) is 0 Å². The van der Waals surface area contributed by atoms with Crippen molar-refractivity contribution in [1.29, 1.82) is 0 Å². The molecule has 0 unspecified atom stereocenters. The Balaban J connectivity index is 2.02. The molecule has 2 amide bonds. The first-order valence-electron chi connectivity index (χ1n) is 5.78. The van der Waals surface area contributed by atoms with Crippen molar-refractivity contribution in [3.05, 3.63) is 29.6 Å². The summed E-state index contributed by atoms with van der Waals surface area (Å²) < 4.78 is 39.2. The second-order valence-electron chi connectivity index (χ2n) is 4.32. The van der Waals surface area contributed by atoms with E-state index < -0.39 is 29.2 Å². The molecule has 0 radical (unpaired) electrons. The highest BCUT2D eigenvalue weighted by molar-refractivity contribution is 5.89. The SMILES string of the molecule is O=C(Nc1c(F)cc(F)cc1F)NC1CCCC1. The lowest BCUT2D eigenvalue weighted by molar-refractivity contribution is 0.248. The van der Waals surface area contributed by atoms with Crippen molar-refractivity contribution in [2.75, 3.05) is 5.32 Å². The maximum Gasteiger partial charge on any atom is 0.319 e. The fourth-order valence-corrected chi connectivity index (χ4v) is 2.07. The van der Waals surface area contributed by atoms with Crippen LogP contribution in [0.3, 0.4) is 0 Å². The molecule has 0 saturated heterocycles. The van der Waals surface area contributed by atoms with Crippen LogP contribution in [0.25, 0.3) is 0 Å². The summed E-state index contributed by atoms with van der Waals surface area (Å²) in [6.45, 7) is 0. The van der Waals surface area contributed by atoms with E-state index in [1.165, 1.54) is 0 Å². The lowest BCUT2D eigenvalue weighted by Crippen LogP contribution is -2.36. The third-order valence-corrected chi connectivity index (χ3v) is 2.94. The van der Waals surface area contributed by atoms with Crippen LogP contribution in [-0.4, -0.2) is 12.1 Å². The van der Waals surface area contributed by atoms with Crippen molar-refractivity contribution in [2.45, 2.75) is 31.7 Å². The fourth-order valence-electron chi connectivity index (χ4n) is 2.07. The number of benzene rings is 1. The highest BCUT2D eigenvalue weighted by Crippen LogP contribution is 2.21. The van der Waals surface area contributed by atoms with Gasteiger partial charge in [-0.2, -0.15) is 0 Å². The summed E-state index contributed by atoms with van der Waals surface area (Å²) in [5.41, 5.74) is -0.633. The second-order valence-corrected chi connectivity index (χ2v) is 4.32. The number of anilines is 1. The Bertz CT molecular complexity index is 436. The molecule has 0 aromatic heterocycles. The molecule has 1 aromatic rings. The van der Waals surface area contributed by atoms with Gasteiger partial charge in [-0.25, -0.2) is 18.0 Å².